The van der Waals surface area contributed by atoms with Gasteiger partial charge in [0.25, 0.3) is 5.70 Å². The zero-order valence-electron chi connectivity index (χ0n) is 26.2. The van der Waals surface area contributed by atoms with Crippen LogP contribution in [-0.4, -0.2) is 87.1 Å². The van der Waals surface area contributed by atoms with E-state index in [2.05, 4.69) is 18.7 Å². The molecule has 0 aliphatic rings. The van der Waals surface area contributed by atoms with E-state index >= 15 is 0 Å². The van der Waals surface area contributed by atoms with E-state index in [1.165, 1.54) is 0 Å². The van der Waals surface area contributed by atoms with Crippen molar-refractivity contribution in [3.05, 3.63) is 106 Å². The molecule has 246 valence electrons. The number of benzene rings is 3. The molecule has 0 bridgehead atoms. The van der Waals surface area contributed by atoms with Crippen molar-refractivity contribution in [2.75, 3.05) is 27.8 Å². The molecule has 46 heavy (non-hydrogen) atoms. The third kappa shape index (κ3) is 10.4. The Balaban J connectivity index is 0.000000479. The lowest BCUT2D eigenvalue weighted by Gasteiger charge is -2.32. The molecule has 0 radical (unpaired) electrons. The van der Waals surface area contributed by atoms with Crippen molar-refractivity contribution >= 4 is 29.2 Å². The molecule has 0 aliphatic carbocycles. The largest absolute Gasteiger partial charge is 0.497 e. The lowest BCUT2D eigenvalue weighted by Crippen LogP contribution is -2.43. The summed E-state index contributed by atoms with van der Waals surface area (Å²) in [7, 11) is 5.62. The third-order valence-corrected chi connectivity index (χ3v) is 7.08. The second-order valence-corrected chi connectivity index (χ2v) is 11.1. The maximum absolute atomic E-state index is 12.2. The second kappa shape index (κ2) is 16.2. The van der Waals surface area contributed by atoms with E-state index in [1.807, 2.05) is 56.6 Å². The van der Waals surface area contributed by atoms with Gasteiger partial charge in [0, 0.05) is 5.54 Å². The molecule has 3 aromatic carbocycles. The molecule has 0 aromatic heterocycles. The van der Waals surface area contributed by atoms with E-state index in [1.54, 1.807) is 43.5 Å². The summed E-state index contributed by atoms with van der Waals surface area (Å²) in [5.74, 6) is -3.62. The van der Waals surface area contributed by atoms with Crippen LogP contribution in [0, 0.1) is 10.1 Å². The molecule has 4 N–H and O–H groups in total. The highest BCUT2D eigenvalue weighted by Gasteiger charge is 2.40. The lowest BCUT2D eigenvalue weighted by molar-refractivity contribution is -0.374. The Morgan fingerprint density at radius 3 is 1.61 bits per heavy atom. The minimum absolute atomic E-state index is 0.0446. The van der Waals surface area contributed by atoms with Crippen LogP contribution in [0.3, 0.4) is 0 Å². The number of rotatable bonds is 14. The highest BCUT2D eigenvalue weighted by molar-refractivity contribution is 5.95. The minimum atomic E-state index is -2.74. The molecule has 0 heterocycles. The molecule has 3 rings (SSSR count). The summed E-state index contributed by atoms with van der Waals surface area (Å²) in [6.07, 6.45) is -2.29. The SMILES string of the molecule is COc1ccc(/C(=C(/c2ccccc2)[N+](=O)[O-])c2ccc(OCC(C)(C)N(C)C)cc2)cc1.O=C(O)CC(O)(CC(=O)O)C(=O)O. The molecule has 0 fully saturated rings. The lowest BCUT2D eigenvalue weighted by atomic mass is 9.93. The maximum atomic E-state index is 12.2. The topological polar surface area (TPSA) is 197 Å². The molecule has 13 heteroatoms. The fourth-order valence-corrected chi connectivity index (χ4v) is 3.96. The summed E-state index contributed by atoms with van der Waals surface area (Å²) in [5, 5.41) is 46.1. The van der Waals surface area contributed by atoms with Gasteiger partial charge in [-0.1, -0.05) is 42.5 Å². The molecule has 0 spiro atoms. The van der Waals surface area contributed by atoms with Gasteiger partial charge in [0.2, 0.25) is 0 Å². The van der Waals surface area contributed by atoms with Crippen molar-refractivity contribution < 1.29 is 49.2 Å². The Morgan fingerprint density at radius 2 is 1.24 bits per heavy atom. The number of hydrogen-bond acceptors (Lipinski definition) is 9. The highest BCUT2D eigenvalue weighted by Crippen LogP contribution is 2.34. The van der Waals surface area contributed by atoms with Crippen LogP contribution in [0.15, 0.2) is 78.9 Å². The Bertz CT molecular complexity index is 1520. The molecule has 0 amide bonds. The summed E-state index contributed by atoms with van der Waals surface area (Å²) in [4.78, 5) is 44.5. The third-order valence-electron chi connectivity index (χ3n) is 7.08. The van der Waals surface area contributed by atoms with Gasteiger partial charge < -0.3 is 34.8 Å². The summed E-state index contributed by atoms with van der Waals surface area (Å²) >= 11 is 0. The van der Waals surface area contributed by atoms with Crippen LogP contribution in [0.1, 0.15) is 43.4 Å². The van der Waals surface area contributed by atoms with Crippen LogP contribution in [0.2, 0.25) is 0 Å². The molecule has 0 saturated carbocycles. The predicted molar refractivity (Wildman–Crippen MR) is 169 cm³/mol. The first-order chi connectivity index (χ1) is 21.5. The summed E-state index contributed by atoms with van der Waals surface area (Å²) < 4.78 is 11.3. The quantitative estimate of drug-likeness (QED) is 0.111. The van der Waals surface area contributed by atoms with E-state index in [9.17, 15) is 24.5 Å². The number of aliphatic carboxylic acids is 3. The fourth-order valence-electron chi connectivity index (χ4n) is 3.96. The summed E-state index contributed by atoms with van der Waals surface area (Å²) in [6.45, 7) is 4.73. The Labute approximate surface area is 266 Å². The molecular weight excluding hydrogens is 600 g/mol. The fraction of sp³-hybridized carbons (Fsp3) is 0.303. The number of ether oxygens (including phenoxy) is 2. The van der Waals surface area contributed by atoms with Gasteiger partial charge in [-0.2, -0.15) is 0 Å². The average molecular weight is 639 g/mol. The molecular formula is C33H38N2O11. The van der Waals surface area contributed by atoms with E-state index in [0.717, 1.165) is 11.1 Å². The van der Waals surface area contributed by atoms with Crippen molar-refractivity contribution in [1.29, 1.82) is 0 Å². The van der Waals surface area contributed by atoms with Crippen LogP contribution < -0.4 is 9.47 Å². The molecule has 0 saturated heterocycles. The number of carboxylic acid groups (broad SMARTS) is 3. The Hall–Kier alpha value is -5.27. The monoisotopic (exact) mass is 638 g/mol. The Kier molecular flexibility index (Phi) is 13.0. The zero-order valence-corrected chi connectivity index (χ0v) is 26.2. The van der Waals surface area contributed by atoms with Crippen molar-refractivity contribution in [1.82, 2.24) is 4.90 Å². The van der Waals surface area contributed by atoms with Crippen LogP contribution in [0.25, 0.3) is 11.3 Å². The van der Waals surface area contributed by atoms with Gasteiger partial charge in [-0.3, -0.25) is 19.7 Å². The first kappa shape index (κ1) is 36.9. The van der Waals surface area contributed by atoms with E-state index in [0.29, 0.717) is 29.2 Å². The number of nitrogens with zero attached hydrogens (tertiary/aromatic N) is 2. The number of nitro groups is 1. The van der Waals surface area contributed by atoms with Crippen molar-refractivity contribution in [3.63, 3.8) is 0 Å². The molecule has 0 unspecified atom stereocenters. The molecule has 3 aromatic rings. The van der Waals surface area contributed by atoms with E-state index in [-0.39, 0.29) is 16.2 Å². The number of aliphatic hydroxyl groups is 1. The number of hydrogen-bond donors (Lipinski definition) is 4. The van der Waals surface area contributed by atoms with Crippen molar-refractivity contribution in [2.45, 2.75) is 37.8 Å². The summed E-state index contributed by atoms with van der Waals surface area (Å²) in [5.41, 5.74) is -0.279. The number of methoxy groups -OCH3 is 1. The van der Waals surface area contributed by atoms with Gasteiger partial charge in [-0.15, -0.1) is 0 Å². The number of likely N-dealkylation sites (N-methyl/N-ethyl adjacent to an activating group) is 1. The predicted octanol–water partition coefficient (Wildman–Crippen LogP) is 4.36. The van der Waals surface area contributed by atoms with Gasteiger partial charge >= 0.3 is 17.9 Å². The zero-order chi connectivity index (χ0) is 34.7. The van der Waals surface area contributed by atoms with Crippen LogP contribution in [-0.2, 0) is 14.4 Å². The number of carboxylic acids is 3. The second-order valence-electron chi connectivity index (χ2n) is 11.1. The molecule has 0 atom stereocenters. The van der Waals surface area contributed by atoms with Gasteiger partial charge in [0.05, 0.1) is 36.0 Å². The van der Waals surface area contributed by atoms with Gasteiger partial charge in [0.1, 0.15) is 18.1 Å². The smallest absolute Gasteiger partial charge is 0.336 e. The van der Waals surface area contributed by atoms with Crippen LogP contribution in [0.4, 0.5) is 0 Å². The van der Waals surface area contributed by atoms with Crippen LogP contribution >= 0.6 is 0 Å². The molecule has 13 nitrogen and oxygen atoms in total. The first-order valence-electron chi connectivity index (χ1n) is 13.9. The van der Waals surface area contributed by atoms with E-state index in [4.69, 9.17) is 29.9 Å². The highest BCUT2D eigenvalue weighted by atomic mass is 16.6. The van der Waals surface area contributed by atoms with Gasteiger partial charge in [-0.25, -0.2) is 4.79 Å². The Morgan fingerprint density at radius 1 is 0.783 bits per heavy atom. The van der Waals surface area contributed by atoms with Crippen molar-refractivity contribution in [3.8, 4) is 11.5 Å². The van der Waals surface area contributed by atoms with E-state index < -0.39 is 36.4 Å². The average Bonchev–Trinajstić information content (AvgIpc) is 2.99. The van der Waals surface area contributed by atoms with Gasteiger partial charge in [0.15, 0.2) is 5.60 Å². The maximum Gasteiger partial charge on any atom is 0.336 e. The summed E-state index contributed by atoms with van der Waals surface area (Å²) in [6, 6.07) is 23.7. The van der Waals surface area contributed by atoms with Crippen molar-refractivity contribution in [2.24, 2.45) is 0 Å². The van der Waals surface area contributed by atoms with Crippen LogP contribution in [0.5, 0.6) is 11.5 Å². The normalized spacial score (nSPS) is 11.9. The van der Waals surface area contributed by atoms with Gasteiger partial charge in [-0.05, 0) is 75.5 Å². The number of carbonyl (C=O) groups is 3. The standard InChI is InChI=1S/C27H30N2O4.C6H8O7/c1-27(2,28(3)4)19-33-24-17-13-21(14-18-24)25(20-11-15-23(32-5)16-12-20)26(29(30)31)22-9-7-6-8-10-22;7-3(8)1-6(13,5(11)12)2-4(9)10/h6-18H,19H2,1-5H3;13H,1-2H2,(H,7,8)(H,9,10)(H,11,12)/b26-25+;. The molecule has 0 aliphatic heterocycles. The minimum Gasteiger partial charge on any atom is -0.497 e. The first-order valence-corrected chi connectivity index (χ1v) is 13.9.